The van der Waals surface area contributed by atoms with Crippen LogP contribution in [0.3, 0.4) is 0 Å². The molecule has 9 heteroatoms. The molecule has 1 atom stereocenters. The predicted molar refractivity (Wildman–Crippen MR) is 128 cm³/mol. The van der Waals surface area contributed by atoms with Crippen LogP contribution in [0, 0.1) is 28.9 Å². The van der Waals surface area contributed by atoms with Crippen LogP contribution in [0.2, 0.25) is 0 Å². The number of nitro benzene ring substituents is 1. The van der Waals surface area contributed by atoms with Gasteiger partial charge in [0.2, 0.25) is 6.29 Å². The van der Waals surface area contributed by atoms with E-state index in [0.29, 0.717) is 17.9 Å². The molecule has 188 valence electrons. The summed E-state index contributed by atoms with van der Waals surface area (Å²) in [5.74, 6) is -0.436. The Morgan fingerprint density at radius 2 is 1.80 bits per heavy atom. The fourth-order valence-electron chi connectivity index (χ4n) is 3.87. The highest BCUT2D eigenvalue weighted by Gasteiger charge is 2.37. The molecular weight excluding hydrogens is 454 g/mol. The van der Waals surface area contributed by atoms with Crippen LogP contribution < -0.4 is 9.47 Å². The first-order valence-corrected chi connectivity index (χ1v) is 11.6. The van der Waals surface area contributed by atoms with Crippen molar-refractivity contribution in [3.63, 3.8) is 0 Å². The number of carbonyl (C=O) groups is 2. The largest absolute Gasteiger partial charge is 0.495 e. The lowest BCUT2D eigenvalue weighted by Crippen LogP contribution is -2.22. The number of hydrogen-bond acceptors (Lipinski definition) is 8. The van der Waals surface area contributed by atoms with E-state index in [1.54, 1.807) is 19.1 Å². The Bertz CT molecular complexity index is 1140. The lowest BCUT2D eigenvalue weighted by molar-refractivity contribution is -0.387. The van der Waals surface area contributed by atoms with E-state index in [0.717, 1.165) is 0 Å². The Morgan fingerprint density at radius 1 is 1.11 bits per heavy atom. The van der Waals surface area contributed by atoms with Crippen molar-refractivity contribution in [1.82, 2.24) is 0 Å². The zero-order valence-electron chi connectivity index (χ0n) is 20.9. The summed E-state index contributed by atoms with van der Waals surface area (Å²) in [6.07, 6.45) is -0.470. The number of Topliss-reactive ketones (excluding diaryl/α,β-unsaturated/α-hetero) is 1. The Balaban J connectivity index is 2.19. The maximum Gasteiger partial charge on any atom is 0.348 e. The molecule has 3 rings (SSSR count). The molecule has 0 saturated heterocycles. The molecule has 2 aromatic rings. The predicted octanol–water partition coefficient (Wildman–Crippen LogP) is 6.16. The van der Waals surface area contributed by atoms with Gasteiger partial charge in [0.25, 0.3) is 5.69 Å². The first-order chi connectivity index (χ1) is 16.5. The SMILES string of the molecule is COc1c(C(=O)CC(C)C)ccc2c1C(=O)OC(OCCC(C)C)c1c(ccc(C)c1[N+](=O)[O-])O2. The highest BCUT2D eigenvalue weighted by molar-refractivity contribution is 6.05. The number of nitrogens with zero attached hydrogens (tertiary/aromatic N) is 1. The number of carbonyl (C=O) groups excluding carboxylic acids is 2. The summed E-state index contributed by atoms with van der Waals surface area (Å²) in [5.41, 5.74) is 0.307. The molecule has 9 nitrogen and oxygen atoms in total. The number of ether oxygens (including phenoxy) is 4. The zero-order chi connectivity index (χ0) is 25.9. The molecular formula is C26H31NO8. The molecule has 0 radical (unpaired) electrons. The van der Waals surface area contributed by atoms with E-state index in [9.17, 15) is 19.7 Å². The van der Waals surface area contributed by atoms with Crippen molar-refractivity contribution >= 4 is 17.4 Å². The average Bonchev–Trinajstić information content (AvgIpc) is 2.76. The summed E-state index contributed by atoms with van der Waals surface area (Å²) in [6.45, 7) is 9.65. The van der Waals surface area contributed by atoms with Crippen molar-refractivity contribution in [2.75, 3.05) is 13.7 Å². The van der Waals surface area contributed by atoms with Gasteiger partial charge in [0.05, 0.1) is 24.2 Å². The van der Waals surface area contributed by atoms with Crippen LogP contribution in [0.5, 0.6) is 17.2 Å². The number of aryl methyl sites for hydroxylation is 1. The second-order valence-electron chi connectivity index (χ2n) is 9.33. The van der Waals surface area contributed by atoms with Crippen molar-refractivity contribution in [3.8, 4) is 17.2 Å². The van der Waals surface area contributed by atoms with Crippen LogP contribution in [-0.2, 0) is 9.47 Å². The third kappa shape index (κ3) is 5.62. The third-order valence-electron chi connectivity index (χ3n) is 5.62. The van der Waals surface area contributed by atoms with Gasteiger partial charge in [-0.05, 0) is 49.4 Å². The number of nitro groups is 1. The van der Waals surface area contributed by atoms with Gasteiger partial charge in [-0.1, -0.05) is 27.7 Å². The lowest BCUT2D eigenvalue weighted by atomic mass is 9.97. The third-order valence-corrected chi connectivity index (χ3v) is 5.62. The minimum atomic E-state index is -1.38. The van der Waals surface area contributed by atoms with E-state index >= 15 is 0 Å². The highest BCUT2D eigenvalue weighted by Crippen LogP contribution is 2.46. The smallest absolute Gasteiger partial charge is 0.348 e. The minimum absolute atomic E-state index is 0.0247. The van der Waals surface area contributed by atoms with Crippen LogP contribution in [-0.4, -0.2) is 30.4 Å². The number of hydrogen-bond donors (Lipinski definition) is 0. The van der Waals surface area contributed by atoms with Gasteiger partial charge < -0.3 is 18.9 Å². The lowest BCUT2D eigenvalue weighted by Gasteiger charge is -2.26. The van der Waals surface area contributed by atoms with Gasteiger partial charge in [0.15, 0.2) is 5.78 Å². The Morgan fingerprint density at radius 3 is 2.40 bits per heavy atom. The van der Waals surface area contributed by atoms with Crippen molar-refractivity contribution < 1.29 is 33.5 Å². The average molecular weight is 486 g/mol. The quantitative estimate of drug-likeness (QED) is 0.179. The van der Waals surface area contributed by atoms with Gasteiger partial charge in [-0.25, -0.2) is 4.79 Å². The first-order valence-electron chi connectivity index (χ1n) is 11.6. The van der Waals surface area contributed by atoms with Gasteiger partial charge in [-0.15, -0.1) is 0 Å². The number of esters is 1. The fraction of sp³-hybridized carbons (Fsp3) is 0.462. The molecule has 1 aliphatic rings. The molecule has 1 heterocycles. The van der Waals surface area contributed by atoms with E-state index in [-0.39, 0.29) is 64.4 Å². The number of methoxy groups -OCH3 is 1. The van der Waals surface area contributed by atoms with Crippen LogP contribution in [0.4, 0.5) is 5.69 Å². The van der Waals surface area contributed by atoms with Crippen LogP contribution in [0.15, 0.2) is 24.3 Å². The van der Waals surface area contributed by atoms with E-state index < -0.39 is 17.2 Å². The van der Waals surface area contributed by atoms with Crippen molar-refractivity contribution in [2.45, 2.75) is 53.8 Å². The number of ketones is 1. The minimum Gasteiger partial charge on any atom is -0.495 e. The molecule has 0 fully saturated rings. The molecule has 0 saturated carbocycles. The summed E-state index contributed by atoms with van der Waals surface area (Å²) >= 11 is 0. The Hall–Kier alpha value is -3.46. The molecule has 0 amide bonds. The van der Waals surface area contributed by atoms with Crippen LogP contribution >= 0.6 is 0 Å². The second kappa shape index (κ2) is 10.9. The molecule has 0 aromatic heterocycles. The molecule has 0 N–H and O–H groups in total. The molecule has 0 spiro atoms. The first kappa shape index (κ1) is 26.2. The number of rotatable bonds is 9. The molecule has 1 aliphatic heterocycles. The summed E-state index contributed by atoms with van der Waals surface area (Å²) in [5, 5.41) is 12.0. The summed E-state index contributed by atoms with van der Waals surface area (Å²) < 4.78 is 23.1. The van der Waals surface area contributed by atoms with Gasteiger partial charge in [-0.3, -0.25) is 14.9 Å². The standard InChI is InChI=1S/C26H31NO8/c1-14(2)11-12-33-26-21-19(9-7-16(5)23(21)27(30)31)34-20-10-8-17(18(28)13-15(3)4)24(32-6)22(20)25(29)35-26/h7-10,14-15,26H,11-13H2,1-6H3. The van der Waals surface area contributed by atoms with E-state index in [2.05, 4.69) is 0 Å². The van der Waals surface area contributed by atoms with Gasteiger partial charge in [-0.2, -0.15) is 0 Å². The molecule has 35 heavy (non-hydrogen) atoms. The van der Waals surface area contributed by atoms with Gasteiger partial charge in [0, 0.05) is 12.0 Å². The van der Waals surface area contributed by atoms with Crippen molar-refractivity contribution in [2.24, 2.45) is 11.8 Å². The monoisotopic (exact) mass is 485 g/mol. The van der Waals surface area contributed by atoms with Crippen molar-refractivity contribution in [1.29, 1.82) is 0 Å². The van der Waals surface area contributed by atoms with Crippen LogP contribution in [0.25, 0.3) is 0 Å². The fourth-order valence-corrected chi connectivity index (χ4v) is 3.87. The van der Waals surface area contributed by atoms with E-state index in [1.807, 2.05) is 27.7 Å². The van der Waals surface area contributed by atoms with Crippen LogP contribution in [0.1, 0.15) is 78.7 Å². The number of benzene rings is 2. The number of fused-ring (bicyclic) bond motifs is 2. The molecule has 2 aromatic carbocycles. The zero-order valence-corrected chi connectivity index (χ0v) is 20.9. The molecule has 0 bridgehead atoms. The molecule has 1 unspecified atom stereocenters. The number of cyclic esters (lactones) is 1. The van der Waals surface area contributed by atoms with E-state index in [4.69, 9.17) is 18.9 Å². The highest BCUT2D eigenvalue weighted by atomic mass is 16.7. The Kier molecular flexibility index (Phi) is 8.11. The molecule has 0 aliphatic carbocycles. The van der Waals surface area contributed by atoms with E-state index in [1.165, 1.54) is 19.2 Å². The van der Waals surface area contributed by atoms with Gasteiger partial charge >= 0.3 is 5.97 Å². The maximum atomic E-state index is 13.4. The summed E-state index contributed by atoms with van der Waals surface area (Å²) in [7, 11) is 1.35. The summed E-state index contributed by atoms with van der Waals surface area (Å²) in [4.78, 5) is 37.6. The van der Waals surface area contributed by atoms with Crippen molar-refractivity contribution in [3.05, 3.63) is 56.6 Å². The van der Waals surface area contributed by atoms with Gasteiger partial charge in [0.1, 0.15) is 28.4 Å². The topological polar surface area (TPSA) is 114 Å². The Labute approximate surface area is 204 Å². The maximum absolute atomic E-state index is 13.4. The normalized spacial score (nSPS) is 15.0. The second-order valence-corrected chi connectivity index (χ2v) is 9.33. The summed E-state index contributed by atoms with van der Waals surface area (Å²) in [6, 6.07) is 6.13.